The van der Waals surface area contributed by atoms with Gasteiger partial charge in [0.15, 0.2) is 11.6 Å². The summed E-state index contributed by atoms with van der Waals surface area (Å²) in [5.41, 5.74) is 1.15. The average Bonchev–Trinajstić information content (AvgIpc) is 2.64. The van der Waals surface area contributed by atoms with Crippen LogP contribution in [0.15, 0.2) is 36.5 Å². The van der Waals surface area contributed by atoms with Crippen molar-refractivity contribution >= 4 is 36.5 Å². The minimum Gasteiger partial charge on any atom is -0.363 e. The number of nitrogens with zero attached hydrogens (tertiary/aromatic N) is 2. The maximum Gasteiger partial charge on any atom is 0.253 e. The van der Waals surface area contributed by atoms with Crippen LogP contribution in [0.2, 0.25) is 0 Å². The van der Waals surface area contributed by atoms with Crippen molar-refractivity contribution in [3.8, 4) is 0 Å². The van der Waals surface area contributed by atoms with Crippen LogP contribution < -0.4 is 15.5 Å². The summed E-state index contributed by atoms with van der Waals surface area (Å²) < 4.78 is 26.8. The number of amides is 1. The molecule has 0 saturated carbocycles. The van der Waals surface area contributed by atoms with Crippen molar-refractivity contribution in [2.24, 2.45) is 0 Å². The van der Waals surface area contributed by atoms with Gasteiger partial charge in [-0.1, -0.05) is 6.07 Å². The second kappa shape index (κ2) is 10.5. The molecule has 1 aliphatic heterocycles. The summed E-state index contributed by atoms with van der Waals surface area (Å²) >= 11 is 0. The van der Waals surface area contributed by atoms with E-state index in [1.165, 1.54) is 12.3 Å². The molecule has 2 aromatic rings. The summed E-state index contributed by atoms with van der Waals surface area (Å²) in [4.78, 5) is 18.7. The van der Waals surface area contributed by atoms with Crippen molar-refractivity contribution in [1.29, 1.82) is 0 Å². The van der Waals surface area contributed by atoms with Crippen molar-refractivity contribution in [2.75, 3.05) is 32.1 Å². The van der Waals surface area contributed by atoms with Gasteiger partial charge in [-0.3, -0.25) is 4.79 Å². The first-order valence-corrected chi connectivity index (χ1v) is 8.55. The van der Waals surface area contributed by atoms with Crippen LogP contribution in [0.4, 0.5) is 14.6 Å². The number of benzene rings is 1. The van der Waals surface area contributed by atoms with Crippen LogP contribution in [0.1, 0.15) is 28.3 Å². The number of pyridine rings is 1. The Balaban J connectivity index is 0.00000196. The standard InChI is InChI=1S/C19H22F2N4O.2ClH/c1-25(2)18-6-4-13(10-23-18)19(26)24-17-11-22-8-7-14(17)12-3-5-15(20)16(21)9-12;;/h3-6,9-10,14,17,22H,7-8,11H2,1-2H3,(H,24,26);2*1H. The Kier molecular flexibility index (Phi) is 9.07. The van der Waals surface area contributed by atoms with Gasteiger partial charge in [-0.15, -0.1) is 24.8 Å². The largest absolute Gasteiger partial charge is 0.363 e. The molecular weight excluding hydrogens is 409 g/mol. The molecule has 1 fully saturated rings. The zero-order chi connectivity index (χ0) is 18.7. The number of rotatable bonds is 4. The van der Waals surface area contributed by atoms with Crippen LogP contribution in [-0.4, -0.2) is 44.1 Å². The van der Waals surface area contributed by atoms with E-state index in [9.17, 15) is 13.6 Å². The fraction of sp³-hybridized carbons (Fsp3) is 0.368. The molecule has 0 spiro atoms. The lowest BCUT2D eigenvalue weighted by Crippen LogP contribution is -2.50. The number of aromatic nitrogens is 1. The van der Waals surface area contributed by atoms with Gasteiger partial charge in [-0.2, -0.15) is 0 Å². The van der Waals surface area contributed by atoms with Gasteiger partial charge in [0.05, 0.1) is 5.56 Å². The fourth-order valence-electron chi connectivity index (χ4n) is 3.19. The summed E-state index contributed by atoms with van der Waals surface area (Å²) in [5, 5.41) is 6.23. The first kappa shape index (κ1) is 24.1. The molecule has 28 heavy (non-hydrogen) atoms. The number of nitrogens with one attached hydrogen (secondary N) is 2. The Labute approximate surface area is 175 Å². The molecule has 0 bridgehead atoms. The number of piperidine rings is 1. The highest BCUT2D eigenvalue weighted by Gasteiger charge is 2.28. The second-order valence-corrected chi connectivity index (χ2v) is 6.65. The zero-order valence-corrected chi connectivity index (χ0v) is 17.2. The van der Waals surface area contributed by atoms with Gasteiger partial charge in [0.1, 0.15) is 5.82 Å². The Hall–Kier alpha value is -1.96. The highest BCUT2D eigenvalue weighted by Crippen LogP contribution is 2.27. The quantitative estimate of drug-likeness (QED) is 0.778. The van der Waals surface area contributed by atoms with E-state index in [4.69, 9.17) is 0 Å². The molecule has 1 aromatic heterocycles. The number of carbonyl (C=O) groups excluding carboxylic acids is 1. The third-order valence-electron chi connectivity index (χ3n) is 4.64. The SMILES string of the molecule is CN(C)c1ccc(C(=O)NC2CNCCC2c2ccc(F)c(F)c2)cn1.Cl.Cl. The van der Waals surface area contributed by atoms with E-state index in [0.717, 1.165) is 24.8 Å². The van der Waals surface area contributed by atoms with Crippen LogP contribution in [-0.2, 0) is 0 Å². The Bertz CT molecular complexity index is 790. The zero-order valence-electron chi connectivity index (χ0n) is 15.6. The van der Waals surface area contributed by atoms with E-state index in [1.54, 1.807) is 18.2 Å². The predicted molar refractivity (Wildman–Crippen MR) is 111 cm³/mol. The minimum absolute atomic E-state index is 0. The van der Waals surface area contributed by atoms with Crippen molar-refractivity contribution < 1.29 is 13.6 Å². The van der Waals surface area contributed by atoms with E-state index in [2.05, 4.69) is 15.6 Å². The fourth-order valence-corrected chi connectivity index (χ4v) is 3.19. The molecule has 1 aliphatic rings. The highest BCUT2D eigenvalue weighted by molar-refractivity contribution is 5.94. The molecule has 1 aromatic carbocycles. The molecule has 2 atom stereocenters. The number of anilines is 1. The van der Waals surface area contributed by atoms with Crippen molar-refractivity contribution in [3.05, 3.63) is 59.3 Å². The van der Waals surface area contributed by atoms with E-state index in [-0.39, 0.29) is 42.7 Å². The van der Waals surface area contributed by atoms with Gasteiger partial charge in [0.2, 0.25) is 0 Å². The summed E-state index contributed by atoms with van der Waals surface area (Å²) in [6.07, 6.45) is 2.27. The lowest BCUT2D eigenvalue weighted by atomic mass is 9.86. The topological polar surface area (TPSA) is 57.3 Å². The summed E-state index contributed by atoms with van der Waals surface area (Å²) in [6.45, 7) is 1.33. The van der Waals surface area contributed by atoms with Gasteiger partial charge >= 0.3 is 0 Å². The van der Waals surface area contributed by atoms with E-state index >= 15 is 0 Å². The maximum atomic E-state index is 13.6. The summed E-state index contributed by atoms with van der Waals surface area (Å²) in [6, 6.07) is 7.23. The van der Waals surface area contributed by atoms with Crippen molar-refractivity contribution in [3.63, 3.8) is 0 Å². The molecule has 0 radical (unpaired) electrons. The molecule has 5 nitrogen and oxygen atoms in total. The third kappa shape index (κ3) is 5.53. The number of hydrogen-bond acceptors (Lipinski definition) is 4. The lowest BCUT2D eigenvalue weighted by molar-refractivity contribution is 0.0924. The number of halogens is 4. The summed E-state index contributed by atoms with van der Waals surface area (Å²) in [7, 11) is 3.75. The first-order chi connectivity index (χ1) is 12.5. The van der Waals surface area contributed by atoms with Gasteiger partial charge in [-0.25, -0.2) is 13.8 Å². The van der Waals surface area contributed by atoms with Crippen LogP contribution in [0.25, 0.3) is 0 Å². The van der Waals surface area contributed by atoms with Gasteiger partial charge in [0.25, 0.3) is 5.91 Å². The molecule has 0 aliphatic carbocycles. The van der Waals surface area contributed by atoms with E-state index < -0.39 is 11.6 Å². The molecule has 1 amide bonds. The molecule has 2 heterocycles. The monoisotopic (exact) mass is 432 g/mol. The van der Waals surface area contributed by atoms with Crippen LogP contribution in [0.3, 0.4) is 0 Å². The Morgan fingerprint density at radius 1 is 1.18 bits per heavy atom. The van der Waals surface area contributed by atoms with Gasteiger partial charge < -0.3 is 15.5 Å². The number of carbonyl (C=O) groups is 1. The second-order valence-electron chi connectivity index (χ2n) is 6.65. The van der Waals surface area contributed by atoms with E-state index in [1.807, 2.05) is 19.0 Å². The van der Waals surface area contributed by atoms with Crippen molar-refractivity contribution in [1.82, 2.24) is 15.6 Å². The lowest BCUT2D eigenvalue weighted by Gasteiger charge is -2.33. The van der Waals surface area contributed by atoms with Crippen LogP contribution in [0, 0.1) is 11.6 Å². The molecule has 154 valence electrons. The average molecular weight is 433 g/mol. The van der Waals surface area contributed by atoms with Gasteiger partial charge in [-0.05, 0) is 42.8 Å². The predicted octanol–water partition coefficient (Wildman–Crippen LogP) is 3.14. The first-order valence-electron chi connectivity index (χ1n) is 8.55. The maximum absolute atomic E-state index is 13.6. The minimum atomic E-state index is -0.866. The third-order valence-corrected chi connectivity index (χ3v) is 4.64. The molecule has 3 rings (SSSR count). The smallest absolute Gasteiger partial charge is 0.253 e. The highest BCUT2D eigenvalue weighted by atomic mass is 35.5. The molecular formula is C19H24Cl2F2N4O. The van der Waals surface area contributed by atoms with E-state index in [0.29, 0.717) is 17.7 Å². The molecule has 2 unspecified atom stereocenters. The Morgan fingerprint density at radius 3 is 2.54 bits per heavy atom. The Morgan fingerprint density at radius 2 is 1.93 bits per heavy atom. The molecule has 2 N–H and O–H groups in total. The van der Waals surface area contributed by atoms with Gasteiger partial charge in [0, 0.05) is 38.8 Å². The molecule has 1 saturated heterocycles. The molecule has 9 heteroatoms. The van der Waals surface area contributed by atoms with Crippen LogP contribution >= 0.6 is 24.8 Å². The normalized spacial score (nSPS) is 18.4. The van der Waals surface area contributed by atoms with Crippen LogP contribution in [0.5, 0.6) is 0 Å². The van der Waals surface area contributed by atoms with Crippen molar-refractivity contribution in [2.45, 2.75) is 18.4 Å². The summed E-state index contributed by atoms with van der Waals surface area (Å²) in [5.74, 6) is -1.28. The number of hydrogen-bond donors (Lipinski definition) is 2.